The van der Waals surface area contributed by atoms with Crippen LogP contribution in [0.1, 0.15) is 27.2 Å². The molecule has 0 radical (unpaired) electrons. The highest BCUT2D eigenvalue weighted by molar-refractivity contribution is 7.90. The fraction of sp³-hybridized carbons (Fsp3) is 0.179. The molecule has 1 aliphatic heterocycles. The minimum absolute atomic E-state index is 0.0561. The van der Waals surface area contributed by atoms with Gasteiger partial charge in [0.05, 0.1) is 33.9 Å². The highest BCUT2D eigenvalue weighted by Gasteiger charge is 2.28. The number of nitrogens with one attached hydrogen (secondary N) is 1. The molecule has 0 saturated heterocycles. The van der Waals surface area contributed by atoms with Gasteiger partial charge in [0.2, 0.25) is 5.91 Å². The maximum absolute atomic E-state index is 13.4. The molecule has 2 aromatic heterocycles. The summed E-state index contributed by atoms with van der Waals surface area (Å²) in [5, 5.41) is 13.0. The molecule has 3 heterocycles. The number of carbonyl (C=O) groups is 3. The van der Waals surface area contributed by atoms with Gasteiger partial charge in [-0.3, -0.25) is 9.59 Å². The summed E-state index contributed by atoms with van der Waals surface area (Å²) in [4.78, 5) is 39.9. The molecule has 0 saturated carbocycles. The summed E-state index contributed by atoms with van der Waals surface area (Å²) >= 11 is 6.55. The lowest BCUT2D eigenvalue weighted by Gasteiger charge is -2.29. The second-order valence-corrected chi connectivity index (χ2v) is 11.9. The standard InChI is InChI=1S/C28H24ClN3O7S/c1-40(37,38)20-6-2-4-17(12-20)13-23(28(35)36)30-27(34)25-21-9-10-31-16-32(15-18(26(21)31)14-22(25)29)24(33)8-7-19-5-3-11-39-19/h2-12,14,23H,13,15-16H2,1H3,(H,30,34)(H,35,36). The van der Waals surface area contributed by atoms with Crippen LogP contribution in [0.15, 0.2) is 76.4 Å². The first-order valence-electron chi connectivity index (χ1n) is 12.1. The second kappa shape index (κ2) is 10.7. The van der Waals surface area contributed by atoms with Crippen molar-refractivity contribution in [2.45, 2.75) is 30.6 Å². The number of amides is 2. The fourth-order valence-electron chi connectivity index (χ4n) is 4.72. The van der Waals surface area contributed by atoms with Crippen LogP contribution in [0.2, 0.25) is 5.02 Å². The van der Waals surface area contributed by atoms with Gasteiger partial charge < -0.3 is 24.3 Å². The van der Waals surface area contributed by atoms with E-state index in [1.807, 2.05) is 4.57 Å². The van der Waals surface area contributed by atoms with E-state index in [2.05, 4.69) is 5.32 Å². The van der Waals surface area contributed by atoms with Crippen LogP contribution in [-0.2, 0) is 39.1 Å². The van der Waals surface area contributed by atoms with Crippen molar-refractivity contribution in [2.24, 2.45) is 0 Å². The zero-order chi connectivity index (χ0) is 28.6. The zero-order valence-electron chi connectivity index (χ0n) is 21.2. The van der Waals surface area contributed by atoms with Crippen molar-refractivity contribution in [3.63, 3.8) is 0 Å². The first kappa shape index (κ1) is 27.2. The van der Waals surface area contributed by atoms with Crippen LogP contribution in [0.25, 0.3) is 17.0 Å². The molecule has 5 rings (SSSR count). The molecular formula is C28H24ClN3O7S. The number of aliphatic carboxylic acids is 1. The van der Waals surface area contributed by atoms with E-state index in [1.54, 1.807) is 47.5 Å². The molecule has 40 heavy (non-hydrogen) atoms. The molecule has 4 aromatic rings. The Labute approximate surface area is 234 Å². The number of furan rings is 1. The predicted molar refractivity (Wildman–Crippen MR) is 147 cm³/mol. The number of sulfone groups is 1. The Morgan fingerprint density at radius 3 is 2.67 bits per heavy atom. The highest BCUT2D eigenvalue weighted by atomic mass is 35.5. The van der Waals surface area contributed by atoms with Crippen molar-refractivity contribution in [3.8, 4) is 0 Å². The highest BCUT2D eigenvalue weighted by Crippen LogP contribution is 2.34. The Bertz CT molecular complexity index is 1770. The number of hydrogen-bond acceptors (Lipinski definition) is 6. The minimum atomic E-state index is -3.49. The Morgan fingerprint density at radius 2 is 1.98 bits per heavy atom. The van der Waals surface area contributed by atoms with Crippen LogP contribution in [0, 0.1) is 0 Å². The van der Waals surface area contributed by atoms with Crippen LogP contribution in [0.5, 0.6) is 0 Å². The average Bonchev–Trinajstić information content (AvgIpc) is 3.57. The molecule has 1 aliphatic rings. The Kier molecular flexibility index (Phi) is 7.26. The molecule has 0 bridgehead atoms. The number of rotatable bonds is 8. The lowest BCUT2D eigenvalue weighted by Crippen LogP contribution is -2.42. The number of halogens is 1. The number of hydrogen-bond donors (Lipinski definition) is 2. The van der Waals surface area contributed by atoms with Gasteiger partial charge in [-0.1, -0.05) is 23.7 Å². The van der Waals surface area contributed by atoms with E-state index >= 15 is 0 Å². The first-order chi connectivity index (χ1) is 19.0. The summed E-state index contributed by atoms with van der Waals surface area (Å²) < 4.78 is 30.8. The third kappa shape index (κ3) is 5.51. The van der Waals surface area contributed by atoms with Crippen LogP contribution in [0.3, 0.4) is 0 Å². The van der Waals surface area contributed by atoms with Gasteiger partial charge in [-0.2, -0.15) is 0 Å². The smallest absolute Gasteiger partial charge is 0.326 e. The van der Waals surface area contributed by atoms with Gasteiger partial charge >= 0.3 is 5.97 Å². The van der Waals surface area contributed by atoms with Gasteiger partial charge in [0.1, 0.15) is 11.8 Å². The van der Waals surface area contributed by atoms with E-state index in [0.717, 1.165) is 17.3 Å². The minimum Gasteiger partial charge on any atom is -0.480 e. The largest absolute Gasteiger partial charge is 0.480 e. The van der Waals surface area contributed by atoms with Crippen LogP contribution in [0.4, 0.5) is 0 Å². The van der Waals surface area contributed by atoms with Crippen molar-refractivity contribution < 1.29 is 32.3 Å². The second-order valence-electron chi connectivity index (χ2n) is 9.45. The predicted octanol–water partition coefficient (Wildman–Crippen LogP) is 3.73. The number of benzene rings is 2. The van der Waals surface area contributed by atoms with E-state index in [1.165, 1.54) is 30.5 Å². The monoisotopic (exact) mass is 581 g/mol. The number of carboxylic acids is 1. The van der Waals surface area contributed by atoms with Crippen molar-refractivity contribution in [2.75, 3.05) is 6.26 Å². The number of aromatic nitrogens is 1. The van der Waals surface area contributed by atoms with Gasteiger partial charge in [0.25, 0.3) is 5.91 Å². The van der Waals surface area contributed by atoms with Crippen molar-refractivity contribution in [1.82, 2.24) is 14.8 Å². The van der Waals surface area contributed by atoms with Crippen molar-refractivity contribution >= 4 is 56.2 Å². The molecule has 1 unspecified atom stereocenters. The van der Waals surface area contributed by atoms with Crippen molar-refractivity contribution in [1.29, 1.82) is 0 Å². The molecule has 2 aromatic carbocycles. The molecule has 206 valence electrons. The van der Waals surface area contributed by atoms with Gasteiger partial charge in [-0.15, -0.1) is 0 Å². The van der Waals surface area contributed by atoms with Gasteiger partial charge in [-0.05, 0) is 53.6 Å². The topological polar surface area (TPSA) is 139 Å². The summed E-state index contributed by atoms with van der Waals surface area (Å²) in [6.45, 7) is 0.507. The first-order valence-corrected chi connectivity index (χ1v) is 14.4. The third-order valence-electron chi connectivity index (χ3n) is 6.60. The lowest BCUT2D eigenvalue weighted by molar-refractivity contribution is -0.139. The lowest BCUT2D eigenvalue weighted by atomic mass is 10.0. The molecule has 12 heteroatoms. The molecule has 0 spiro atoms. The van der Waals surface area contributed by atoms with Crippen LogP contribution < -0.4 is 5.32 Å². The van der Waals surface area contributed by atoms with Crippen LogP contribution >= 0.6 is 11.6 Å². The maximum atomic E-state index is 13.4. The summed E-state index contributed by atoms with van der Waals surface area (Å²) in [6, 6.07) is 11.4. The van der Waals surface area contributed by atoms with E-state index in [-0.39, 0.29) is 41.0 Å². The summed E-state index contributed by atoms with van der Waals surface area (Å²) in [7, 11) is -3.49. The van der Waals surface area contributed by atoms with E-state index < -0.39 is 27.8 Å². The maximum Gasteiger partial charge on any atom is 0.326 e. The Morgan fingerprint density at radius 1 is 1.18 bits per heavy atom. The van der Waals surface area contributed by atoms with E-state index in [0.29, 0.717) is 16.7 Å². The van der Waals surface area contributed by atoms with E-state index in [9.17, 15) is 27.9 Å². The number of carboxylic acid groups (broad SMARTS) is 1. The van der Waals surface area contributed by atoms with Crippen molar-refractivity contribution in [3.05, 3.63) is 94.5 Å². The van der Waals surface area contributed by atoms with Gasteiger partial charge in [0.15, 0.2) is 9.84 Å². The molecule has 0 fully saturated rings. The van der Waals surface area contributed by atoms with Crippen LogP contribution in [-0.4, -0.2) is 53.1 Å². The molecule has 10 nitrogen and oxygen atoms in total. The number of nitrogens with zero attached hydrogens (tertiary/aromatic N) is 2. The SMILES string of the molecule is CS(=O)(=O)c1cccc(CC(NC(=O)c2c(Cl)cc3c4c2ccn4CN(C(=O)C=Cc2ccco2)C3)C(=O)O)c1. The summed E-state index contributed by atoms with van der Waals surface area (Å²) in [5.41, 5.74) is 2.02. The summed E-state index contributed by atoms with van der Waals surface area (Å²) in [6.07, 6.45) is 7.19. The molecule has 2 N–H and O–H groups in total. The normalized spacial score (nSPS) is 14.0. The Balaban J connectivity index is 1.38. The fourth-order valence-corrected chi connectivity index (χ4v) is 5.74. The Hall–Kier alpha value is -4.35. The molecular weight excluding hydrogens is 558 g/mol. The number of carbonyl (C=O) groups excluding carboxylic acids is 2. The third-order valence-corrected chi connectivity index (χ3v) is 8.01. The summed E-state index contributed by atoms with van der Waals surface area (Å²) in [5.74, 6) is -1.64. The quantitative estimate of drug-likeness (QED) is 0.302. The molecule has 2 amide bonds. The molecule has 1 atom stereocenters. The van der Waals surface area contributed by atoms with Gasteiger partial charge in [0, 0.05) is 36.9 Å². The van der Waals surface area contributed by atoms with Gasteiger partial charge in [-0.25, -0.2) is 13.2 Å². The average molecular weight is 582 g/mol. The zero-order valence-corrected chi connectivity index (χ0v) is 22.8. The van der Waals surface area contributed by atoms with E-state index in [4.69, 9.17) is 16.0 Å². The molecule has 0 aliphatic carbocycles.